The van der Waals surface area contributed by atoms with Crippen molar-refractivity contribution in [3.8, 4) is 0 Å². The van der Waals surface area contributed by atoms with Crippen LogP contribution in [0.15, 0.2) is 18.2 Å². The van der Waals surface area contributed by atoms with Gasteiger partial charge in [-0.25, -0.2) is 9.78 Å². The molecule has 23 heavy (non-hydrogen) atoms. The van der Waals surface area contributed by atoms with Crippen LogP contribution in [0.2, 0.25) is 10.0 Å². The zero-order valence-electron chi connectivity index (χ0n) is 13.2. The van der Waals surface area contributed by atoms with E-state index in [9.17, 15) is 4.79 Å². The fourth-order valence-electron chi connectivity index (χ4n) is 1.81. The minimum atomic E-state index is -0.328. The summed E-state index contributed by atoms with van der Waals surface area (Å²) in [5.74, 6) is -0.0249. The number of aromatic nitrogens is 1. The van der Waals surface area contributed by atoms with Crippen molar-refractivity contribution in [3.63, 3.8) is 0 Å². The molecular weight excluding hydrogens is 355 g/mol. The molecule has 0 aliphatic rings. The second-order valence-corrected chi connectivity index (χ2v) is 7.36. The molecule has 0 saturated carbocycles. The van der Waals surface area contributed by atoms with Gasteiger partial charge in [-0.3, -0.25) is 0 Å². The maximum atomic E-state index is 12.0. The Hall–Kier alpha value is -1.30. The lowest BCUT2D eigenvalue weighted by Gasteiger charge is -2.06. The van der Waals surface area contributed by atoms with Crippen LogP contribution in [-0.2, 0) is 11.3 Å². The third-order valence-corrected chi connectivity index (χ3v) is 4.66. The molecule has 0 aliphatic heterocycles. The molecule has 0 spiro atoms. The van der Waals surface area contributed by atoms with E-state index in [0.29, 0.717) is 44.8 Å². The molecule has 0 unspecified atom stereocenters. The SMILES string of the molecule is Cc1nc(NCc2ccc(Cl)cc2Cl)sc1C(=O)OCC(C)C. The van der Waals surface area contributed by atoms with Crippen molar-refractivity contribution in [3.05, 3.63) is 44.4 Å². The first kappa shape index (κ1) is 18.0. The van der Waals surface area contributed by atoms with Gasteiger partial charge < -0.3 is 10.1 Å². The van der Waals surface area contributed by atoms with Gasteiger partial charge >= 0.3 is 5.97 Å². The van der Waals surface area contributed by atoms with Crippen LogP contribution in [0, 0.1) is 12.8 Å². The third-order valence-electron chi connectivity index (χ3n) is 2.97. The van der Waals surface area contributed by atoms with Crippen molar-refractivity contribution < 1.29 is 9.53 Å². The van der Waals surface area contributed by atoms with Crippen molar-refractivity contribution in [1.82, 2.24) is 4.98 Å². The smallest absolute Gasteiger partial charge is 0.350 e. The Labute approximate surface area is 149 Å². The summed E-state index contributed by atoms with van der Waals surface area (Å²) < 4.78 is 5.25. The zero-order valence-corrected chi connectivity index (χ0v) is 15.5. The predicted molar refractivity (Wildman–Crippen MR) is 95.8 cm³/mol. The molecule has 1 aromatic heterocycles. The highest BCUT2D eigenvalue weighted by Gasteiger charge is 2.17. The summed E-state index contributed by atoms with van der Waals surface area (Å²) in [6.45, 7) is 6.69. The summed E-state index contributed by atoms with van der Waals surface area (Å²) in [5, 5.41) is 5.02. The van der Waals surface area contributed by atoms with E-state index in [0.717, 1.165) is 5.56 Å². The highest BCUT2D eigenvalue weighted by atomic mass is 35.5. The number of carbonyl (C=O) groups is 1. The number of hydrogen-bond donors (Lipinski definition) is 1. The van der Waals surface area contributed by atoms with E-state index in [1.54, 1.807) is 19.1 Å². The number of rotatable bonds is 6. The van der Waals surface area contributed by atoms with Crippen LogP contribution in [0.4, 0.5) is 5.13 Å². The van der Waals surface area contributed by atoms with Gasteiger partial charge in [0, 0.05) is 16.6 Å². The van der Waals surface area contributed by atoms with Gasteiger partial charge in [0.2, 0.25) is 0 Å². The Morgan fingerprint density at radius 3 is 2.78 bits per heavy atom. The molecule has 0 bridgehead atoms. The van der Waals surface area contributed by atoms with Gasteiger partial charge in [-0.1, -0.05) is 54.5 Å². The summed E-state index contributed by atoms with van der Waals surface area (Å²) in [6.07, 6.45) is 0. The Kier molecular flexibility index (Phi) is 6.27. The highest BCUT2D eigenvalue weighted by molar-refractivity contribution is 7.17. The molecule has 0 amide bonds. The number of thiazole rings is 1. The van der Waals surface area contributed by atoms with Gasteiger partial charge in [0.05, 0.1) is 12.3 Å². The molecule has 2 aromatic rings. The van der Waals surface area contributed by atoms with Crippen molar-refractivity contribution in [2.75, 3.05) is 11.9 Å². The maximum absolute atomic E-state index is 12.0. The fourth-order valence-corrected chi connectivity index (χ4v) is 3.14. The topological polar surface area (TPSA) is 51.2 Å². The van der Waals surface area contributed by atoms with Gasteiger partial charge in [-0.15, -0.1) is 0 Å². The lowest BCUT2D eigenvalue weighted by atomic mass is 10.2. The Bertz CT molecular complexity index is 701. The summed E-state index contributed by atoms with van der Waals surface area (Å²) in [4.78, 5) is 16.9. The van der Waals surface area contributed by atoms with E-state index >= 15 is 0 Å². The number of esters is 1. The molecule has 0 radical (unpaired) electrons. The Balaban J connectivity index is 2.01. The largest absolute Gasteiger partial charge is 0.461 e. The quantitative estimate of drug-likeness (QED) is 0.709. The first-order chi connectivity index (χ1) is 10.9. The van der Waals surface area contributed by atoms with Gasteiger partial charge in [-0.05, 0) is 30.5 Å². The number of carbonyl (C=O) groups excluding carboxylic acids is 1. The van der Waals surface area contributed by atoms with E-state index < -0.39 is 0 Å². The molecule has 124 valence electrons. The van der Waals surface area contributed by atoms with Crippen LogP contribution < -0.4 is 5.32 Å². The predicted octanol–water partition coefficient (Wildman–Crippen LogP) is 5.18. The van der Waals surface area contributed by atoms with Crippen LogP contribution in [0.3, 0.4) is 0 Å². The number of nitrogens with one attached hydrogen (secondary N) is 1. The Morgan fingerprint density at radius 2 is 2.13 bits per heavy atom. The van der Waals surface area contributed by atoms with Crippen molar-refractivity contribution in [2.45, 2.75) is 27.3 Å². The third kappa shape index (κ3) is 5.09. The average Bonchev–Trinajstić information content (AvgIpc) is 2.85. The molecule has 0 atom stereocenters. The van der Waals surface area contributed by atoms with Crippen LogP contribution in [0.5, 0.6) is 0 Å². The number of nitrogens with zero attached hydrogens (tertiary/aromatic N) is 1. The normalized spacial score (nSPS) is 10.9. The number of hydrogen-bond acceptors (Lipinski definition) is 5. The monoisotopic (exact) mass is 372 g/mol. The first-order valence-electron chi connectivity index (χ1n) is 7.19. The lowest BCUT2D eigenvalue weighted by Crippen LogP contribution is -2.09. The van der Waals surface area contributed by atoms with Crippen molar-refractivity contribution in [1.29, 1.82) is 0 Å². The number of ether oxygens (including phenoxy) is 1. The summed E-state index contributed by atoms with van der Waals surface area (Å²) in [5.41, 5.74) is 1.57. The Morgan fingerprint density at radius 1 is 1.39 bits per heavy atom. The molecule has 1 aromatic carbocycles. The van der Waals surface area contributed by atoms with Crippen LogP contribution in [0.1, 0.15) is 34.8 Å². The minimum Gasteiger partial charge on any atom is -0.461 e. The number of benzene rings is 1. The standard InChI is InChI=1S/C16H18Cl2N2O2S/c1-9(2)8-22-15(21)14-10(3)20-16(23-14)19-7-11-4-5-12(17)6-13(11)18/h4-6,9H,7-8H2,1-3H3,(H,19,20). The van der Waals surface area contributed by atoms with Crippen LogP contribution in [0.25, 0.3) is 0 Å². The second-order valence-electron chi connectivity index (χ2n) is 5.52. The van der Waals surface area contributed by atoms with Gasteiger partial charge in [0.1, 0.15) is 4.88 Å². The summed E-state index contributed by atoms with van der Waals surface area (Å²) in [6, 6.07) is 5.34. The molecule has 4 nitrogen and oxygen atoms in total. The highest BCUT2D eigenvalue weighted by Crippen LogP contribution is 2.26. The van der Waals surface area contributed by atoms with Gasteiger partial charge in [-0.2, -0.15) is 0 Å². The summed E-state index contributed by atoms with van der Waals surface area (Å²) in [7, 11) is 0. The van der Waals surface area contributed by atoms with Crippen molar-refractivity contribution >= 4 is 45.6 Å². The average molecular weight is 373 g/mol. The second kappa shape index (κ2) is 7.99. The van der Waals surface area contributed by atoms with E-state index in [2.05, 4.69) is 10.3 Å². The molecule has 1 N–H and O–H groups in total. The first-order valence-corrected chi connectivity index (χ1v) is 8.76. The van der Waals surface area contributed by atoms with Gasteiger partial charge in [0.25, 0.3) is 0 Å². The molecular formula is C16H18Cl2N2O2S. The number of halogens is 2. The summed E-state index contributed by atoms with van der Waals surface area (Å²) >= 11 is 13.3. The fraction of sp³-hybridized carbons (Fsp3) is 0.375. The molecule has 7 heteroatoms. The van der Waals surface area contributed by atoms with Crippen LogP contribution in [-0.4, -0.2) is 17.6 Å². The van der Waals surface area contributed by atoms with E-state index in [1.165, 1.54) is 11.3 Å². The molecule has 0 saturated heterocycles. The number of anilines is 1. The van der Waals surface area contributed by atoms with E-state index in [1.807, 2.05) is 19.9 Å². The molecule has 1 heterocycles. The molecule has 0 fully saturated rings. The van der Waals surface area contributed by atoms with E-state index in [4.69, 9.17) is 27.9 Å². The van der Waals surface area contributed by atoms with E-state index in [-0.39, 0.29) is 5.97 Å². The van der Waals surface area contributed by atoms with Crippen molar-refractivity contribution in [2.24, 2.45) is 5.92 Å². The number of aryl methyl sites for hydroxylation is 1. The maximum Gasteiger partial charge on any atom is 0.350 e. The van der Waals surface area contributed by atoms with Crippen LogP contribution >= 0.6 is 34.5 Å². The lowest BCUT2D eigenvalue weighted by molar-refractivity contribution is 0.0463. The van der Waals surface area contributed by atoms with Gasteiger partial charge in [0.15, 0.2) is 5.13 Å². The molecule has 2 rings (SSSR count). The minimum absolute atomic E-state index is 0.303. The zero-order chi connectivity index (χ0) is 17.0. The molecule has 0 aliphatic carbocycles.